The Morgan fingerprint density at radius 1 is 0.971 bits per heavy atom. The summed E-state index contributed by atoms with van der Waals surface area (Å²) in [6.07, 6.45) is -0.159. The second-order valence-electron chi connectivity index (χ2n) is 7.86. The van der Waals surface area contributed by atoms with Gasteiger partial charge < -0.3 is 30.1 Å². The molecule has 188 valence electrons. The third-order valence-corrected chi connectivity index (χ3v) is 7.67. The minimum atomic E-state index is -3.32. The number of benzene rings is 3. The van der Waals surface area contributed by atoms with Crippen LogP contribution in [0.5, 0.6) is 17.2 Å². The van der Waals surface area contributed by atoms with E-state index in [4.69, 9.17) is 25.4 Å². The maximum absolute atomic E-state index is 12.9. The van der Waals surface area contributed by atoms with Gasteiger partial charge in [0.15, 0.2) is 6.35 Å². The monoisotopic (exact) mass is 521 g/mol. The van der Waals surface area contributed by atoms with Crippen LogP contribution in [0.2, 0.25) is 0 Å². The molecule has 0 radical (unpaired) electrons. The summed E-state index contributed by atoms with van der Waals surface area (Å²) in [6.45, 7) is 0.776. The first-order chi connectivity index (χ1) is 16.9. The van der Waals surface area contributed by atoms with E-state index < -0.39 is 13.5 Å². The summed E-state index contributed by atoms with van der Waals surface area (Å²) in [5.74, 6) is 1.02. The molecule has 0 aliphatic carbocycles. The highest BCUT2D eigenvalue weighted by atomic mass is 35.5. The molecule has 0 fully saturated rings. The van der Waals surface area contributed by atoms with Crippen molar-refractivity contribution in [2.45, 2.75) is 19.1 Å². The zero-order valence-electron chi connectivity index (χ0n) is 19.0. The van der Waals surface area contributed by atoms with E-state index in [1.807, 2.05) is 18.2 Å². The van der Waals surface area contributed by atoms with Crippen molar-refractivity contribution in [3.63, 3.8) is 0 Å². The fourth-order valence-corrected chi connectivity index (χ4v) is 4.80. The van der Waals surface area contributed by atoms with Gasteiger partial charge in [-0.05, 0) is 61.0 Å². The summed E-state index contributed by atoms with van der Waals surface area (Å²) in [6, 6.07) is 20.7. The minimum Gasteiger partial charge on any atom is -0.508 e. The van der Waals surface area contributed by atoms with Crippen LogP contribution >= 0.6 is 19.2 Å². The van der Waals surface area contributed by atoms with Crippen LogP contribution in [-0.2, 0) is 21.7 Å². The molecule has 0 aliphatic heterocycles. The Kier molecular flexibility index (Phi) is 10.4. The van der Waals surface area contributed by atoms with Gasteiger partial charge in [-0.1, -0.05) is 30.3 Å². The van der Waals surface area contributed by atoms with Crippen molar-refractivity contribution < 1.29 is 33.4 Å². The first-order valence-electron chi connectivity index (χ1n) is 11.0. The molecule has 4 N–H and O–H groups in total. The van der Waals surface area contributed by atoms with Crippen molar-refractivity contribution >= 4 is 24.5 Å². The summed E-state index contributed by atoms with van der Waals surface area (Å²) in [7, 11) is -3.32. The maximum atomic E-state index is 12.9. The lowest BCUT2D eigenvalue weighted by Crippen LogP contribution is -2.32. The van der Waals surface area contributed by atoms with Crippen molar-refractivity contribution in [3.05, 3.63) is 83.9 Å². The van der Waals surface area contributed by atoms with Gasteiger partial charge in [-0.15, -0.1) is 0 Å². The molecule has 8 nitrogen and oxygen atoms in total. The molecule has 0 bridgehead atoms. The molecule has 0 saturated carbocycles. The standard InChI is InChI=1S/C25H29ClNO7P/c26-34-35(31,24-4-2-1-3-5-24)18-33-22-8-6-19(7-9-22)12-13-27-15-21(29)17-32-23-10-11-25(30)20(14-23)16-28/h1-11,14,21,27-30H,12-13,15-18H2/t21-,35?/m1/s1. The molecule has 0 aromatic heterocycles. The minimum absolute atomic E-state index is 0.00174. The molecular weight excluding hydrogens is 493 g/mol. The van der Waals surface area contributed by atoms with Crippen LogP contribution in [0, 0.1) is 0 Å². The van der Waals surface area contributed by atoms with Crippen LogP contribution < -0.4 is 20.1 Å². The Labute approximate surface area is 209 Å². The first kappa shape index (κ1) is 27.0. The molecule has 0 amide bonds. The SMILES string of the molecule is O=P(COc1ccc(CCNC[C@@H](O)COc2ccc(O)c(CO)c2)cc1)(OCl)c1ccccc1. The fourth-order valence-electron chi connectivity index (χ4n) is 3.23. The number of hydrogen-bond donors (Lipinski definition) is 4. The van der Waals surface area contributed by atoms with Gasteiger partial charge in [0.05, 0.1) is 18.5 Å². The van der Waals surface area contributed by atoms with Gasteiger partial charge in [-0.3, -0.25) is 4.57 Å². The summed E-state index contributed by atoms with van der Waals surface area (Å²) in [5, 5.41) is 32.5. The van der Waals surface area contributed by atoms with Crippen molar-refractivity contribution in [2.24, 2.45) is 0 Å². The van der Waals surface area contributed by atoms with Crippen LogP contribution in [0.25, 0.3) is 0 Å². The van der Waals surface area contributed by atoms with E-state index in [0.29, 0.717) is 35.5 Å². The molecule has 3 rings (SSSR count). The van der Waals surface area contributed by atoms with Crippen LogP contribution in [0.3, 0.4) is 0 Å². The van der Waals surface area contributed by atoms with Crippen LogP contribution in [0.15, 0.2) is 72.8 Å². The van der Waals surface area contributed by atoms with E-state index in [1.54, 1.807) is 42.5 Å². The third-order valence-electron chi connectivity index (χ3n) is 5.22. The Hall–Kier alpha value is -2.58. The Morgan fingerprint density at radius 3 is 2.37 bits per heavy atom. The zero-order chi connectivity index (χ0) is 25.1. The van der Waals surface area contributed by atoms with Gasteiger partial charge in [-0.2, -0.15) is 0 Å². The van der Waals surface area contributed by atoms with E-state index in [1.165, 1.54) is 12.1 Å². The fraction of sp³-hybridized carbons (Fsp3) is 0.280. The number of hydrogen-bond acceptors (Lipinski definition) is 8. The van der Waals surface area contributed by atoms with E-state index >= 15 is 0 Å². The number of nitrogens with one attached hydrogen (secondary N) is 1. The molecule has 0 aliphatic rings. The zero-order valence-corrected chi connectivity index (χ0v) is 20.7. The second kappa shape index (κ2) is 13.5. The second-order valence-corrected chi connectivity index (χ2v) is 10.5. The Morgan fingerprint density at radius 2 is 1.69 bits per heavy atom. The average Bonchev–Trinajstić information content (AvgIpc) is 2.90. The summed E-state index contributed by atoms with van der Waals surface area (Å²) in [4.78, 5) is 0. The van der Waals surface area contributed by atoms with E-state index in [0.717, 1.165) is 12.0 Å². The molecule has 0 saturated heterocycles. The number of phenols is 1. The van der Waals surface area contributed by atoms with E-state index in [-0.39, 0.29) is 25.3 Å². The molecule has 1 unspecified atom stereocenters. The largest absolute Gasteiger partial charge is 0.508 e. The lowest BCUT2D eigenvalue weighted by atomic mass is 10.1. The van der Waals surface area contributed by atoms with Gasteiger partial charge in [0.1, 0.15) is 30.0 Å². The van der Waals surface area contributed by atoms with E-state index in [9.17, 15) is 19.9 Å². The summed E-state index contributed by atoms with van der Waals surface area (Å²) >= 11 is 5.50. The molecule has 3 aromatic rings. The molecule has 10 heteroatoms. The van der Waals surface area contributed by atoms with Gasteiger partial charge >= 0.3 is 0 Å². The lowest BCUT2D eigenvalue weighted by molar-refractivity contribution is 0.106. The van der Waals surface area contributed by atoms with E-state index in [2.05, 4.69) is 5.32 Å². The number of rotatable bonds is 14. The van der Waals surface area contributed by atoms with Crippen LogP contribution in [-0.4, -0.2) is 47.5 Å². The molecule has 0 heterocycles. The molecule has 3 aromatic carbocycles. The maximum Gasteiger partial charge on any atom is 0.284 e. The van der Waals surface area contributed by atoms with Crippen LogP contribution in [0.1, 0.15) is 11.1 Å². The van der Waals surface area contributed by atoms with Crippen molar-refractivity contribution in [3.8, 4) is 17.2 Å². The number of aliphatic hydroxyl groups is 2. The normalized spacial score (nSPS) is 13.7. The predicted molar refractivity (Wildman–Crippen MR) is 135 cm³/mol. The number of ether oxygens (including phenoxy) is 2. The highest BCUT2D eigenvalue weighted by Gasteiger charge is 2.27. The topological polar surface area (TPSA) is 117 Å². The quantitative estimate of drug-likeness (QED) is 0.188. The highest BCUT2D eigenvalue weighted by molar-refractivity contribution is 7.67. The summed E-state index contributed by atoms with van der Waals surface area (Å²) in [5.41, 5.74) is 1.43. The van der Waals surface area contributed by atoms with Crippen molar-refractivity contribution in [1.29, 1.82) is 0 Å². The molecule has 2 atom stereocenters. The van der Waals surface area contributed by atoms with Gasteiger partial charge in [-0.25, -0.2) is 4.08 Å². The lowest BCUT2D eigenvalue weighted by Gasteiger charge is -2.16. The summed E-state index contributed by atoms with van der Waals surface area (Å²) < 4.78 is 28.8. The molecule has 35 heavy (non-hydrogen) atoms. The smallest absolute Gasteiger partial charge is 0.284 e. The van der Waals surface area contributed by atoms with Crippen molar-refractivity contribution in [1.82, 2.24) is 5.32 Å². The predicted octanol–water partition coefficient (Wildman–Crippen LogP) is 3.57. The Bertz CT molecular complexity index is 1100. The Balaban J connectivity index is 1.37. The highest BCUT2D eigenvalue weighted by Crippen LogP contribution is 2.47. The number of halogens is 1. The molecule has 0 spiro atoms. The van der Waals surface area contributed by atoms with Gasteiger partial charge in [0.2, 0.25) is 0 Å². The number of aliphatic hydroxyl groups excluding tert-OH is 2. The average molecular weight is 522 g/mol. The molecular formula is C25H29ClNO7P. The first-order valence-corrected chi connectivity index (χ1v) is 13.2. The van der Waals surface area contributed by atoms with Gasteiger partial charge in [0.25, 0.3) is 7.37 Å². The van der Waals surface area contributed by atoms with Crippen LogP contribution in [0.4, 0.5) is 0 Å². The third kappa shape index (κ3) is 8.25. The van der Waals surface area contributed by atoms with Crippen molar-refractivity contribution in [2.75, 3.05) is 26.0 Å². The van der Waals surface area contributed by atoms with Gasteiger partial charge in [0, 0.05) is 17.4 Å². The number of aromatic hydroxyl groups is 1.